The maximum absolute atomic E-state index is 15.1. The highest BCUT2D eigenvalue weighted by molar-refractivity contribution is 7.93. The Morgan fingerprint density at radius 1 is 1.00 bits per heavy atom. The average molecular weight is 632 g/mol. The van der Waals surface area contributed by atoms with Gasteiger partial charge in [-0.05, 0) is 61.5 Å². The van der Waals surface area contributed by atoms with Gasteiger partial charge in [0.25, 0.3) is 15.9 Å². The zero-order valence-corrected chi connectivity index (χ0v) is 25.2. The standard InChI is InChI=1S/C32H27ClFN5O4S/c1-2-43-29-6-4-3-5-25(29)32(38-17-15-37(16-18-38)24-11-13-36-14-12-24)26-19-22(21-35)7-9-28(26)39(31(32)40)44(41,42)30-10-8-23(34)20-27(30)33/h3-14,19-20H,2,15-18H2,1H3. The molecule has 1 amide bonds. The van der Waals surface area contributed by atoms with E-state index in [1.807, 2.05) is 24.0 Å². The molecule has 0 aliphatic carbocycles. The monoisotopic (exact) mass is 631 g/mol. The first-order valence-electron chi connectivity index (χ1n) is 13.9. The molecule has 0 N–H and O–H groups in total. The number of hydrogen-bond donors (Lipinski definition) is 0. The van der Waals surface area contributed by atoms with Crippen LogP contribution in [0.4, 0.5) is 15.8 Å². The fraction of sp³-hybridized carbons (Fsp3) is 0.219. The number of aromatic nitrogens is 1. The number of carbonyl (C=O) groups is 1. The van der Waals surface area contributed by atoms with Gasteiger partial charge < -0.3 is 9.64 Å². The van der Waals surface area contributed by atoms with Gasteiger partial charge in [0.15, 0.2) is 5.54 Å². The molecule has 44 heavy (non-hydrogen) atoms. The predicted octanol–water partition coefficient (Wildman–Crippen LogP) is 4.95. The molecular formula is C32H27ClFN5O4S. The van der Waals surface area contributed by atoms with Crippen molar-refractivity contribution in [1.29, 1.82) is 5.26 Å². The lowest BCUT2D eigenvalue weighted by Crippen LogP contribution is -2.60. The lowest BCUT2D eigenvalue weighted by molar-refractivity contribution is -0.127. The number of nitriles is 1. The molecule has 9 nitrogen and oxygen atoms in total. The molecule has 12 heteroatoms. The highest BCUT2D eigenvalue weighted by Crippen LogP contribution is 2.53. The predicted molar refractivity (Wildman–Crippen MR) is 164 cm³/mol. The van der Waals surface area contributed by atoms with E-state index < -0.39 is 32.2 Å². The number of sulfonamides is 1. The summed E-state index contributed by atoms with van der Waals surface area (Å²) in [4.78, 5) is 22.9. The summed E-state index contributed by atoms with van der Waals surface area (Å²) >= 11 is 6.25. The summed E-state index contributed by atoms with van der Waals surface area (Å²) in [5.74, 6) is -1.08. The van der Waals surface area contributed by atoms with Crippen molar-refractivity contribution in [3.8, 4) is 11.8 Å². The molecule has 2 aliphatic rings. The Hall–Kier alpha value is -4.50. The summed E-state index contributed by atoms with van der Waals surface area (Å²) in [5.41, 5.74) is 0.402. The van der Waals surface area contributed by atoms with Crippen LogP contribution < -0.4 is 13.9 Å². The Labute approximate surface area is 259 Å². The van der Waals surface area contributed by atoms with Gasteiger partial charge in [0.2, 0.25) is 0 Å². The topological polar surface area (TPSA) is 107 Å². The Kier molecular flexibility index (Phi) is 7.75. The number of benzene rings is 3. The number of ether oxygens (including phenoxy) is 1. The summed E-state index contributed by atoms with van der Waals surface area (Å²) in [5, 5.41) is 9.53. The number of para-hydroxylation sites is 1. The largest absolute Gasteiger partial charge is 0.493 e. The first-order valence-corrected chi connectivity index (χ1v) is 15.8. The fourth-order valence-electron chi connectivity index (χ4n) is 6.10. The average Bonchev–Trinajstić information content (AvgIpc) is 3.30. The molecule has 1 aromatic heterocycles. The number of fused-ring (bicyclic) bond motifs is 1. The zero-order chi connectivity index (χ0) is 31.1. The summed E-state index contributed by atoms with van der Waals surface area (Å²) in [6, 6.07) is 20.4. The van der Waals surface area contributed by atoms with Crippen LogP contribution in [-0.2, 0) is 20.4 Å². The normalized spacial score (nSPS) is 18.6. The van der Waals surface area contributed by atoms with E-state index in [2.05, 4.69) is 16.0 Å². The first-order chi connectivity index (χ1) is 21.2. The van der Waals surface area contributed by atoms with Gasteiger partial charge in [0.1, 0.15) is 16.5 Å². The molecule has 2 aliphatic heterocycles. The summed E-state index contributed by atoms with van der Waals surface area (Å²) in [7, 11) is -4.65. The van der Waals surface area contributed by atoms with Gasteiger partial charge in [-0.1, -0.05) is 29.8 Å². The fourth-order valence-corrected chi connectivity index (χ4v) is 8.07. The van der Waals surface area contributed by atoms with Gasteiger partial charge in [0, 0.05) is 55.4 Å². The minimum absolute atomic E-state index is 0.0808. The van der Waals surface area contributed by atoms with Crippen molar-refractivity contribution in [3.63, 3.8) is 0 Å². The molecule has 3 aromatic carbocycles. The van der Waals surface area contributed by atoms with Crippen molar-refractivity contribution >= 4 is 38.9 Å². The highest BCUT2D eigenvalue weighted by atomic mass is 35.5. The number of halogens is 2. The zero-order valence-electron chi connectivity index (χ0n) is 23.7. The van der Waals surface area contributed by atoms with E-state index in [1.165, 1.54) is 12.1 Å². The number of carbonyl (C=O) groups excluding carboxylic acids is 1. The van der Waals surface area contributed by atoms with Gasteiger partial charge in [-0.3, -0.25) is 14.7 Å². The number of piperazine rings is 1. The van der Waals surface area contributed by atoms with Gasteiger partial charge in [-0.2, -0.15) is 5.26 Å². The summed E-state index contributed by atoms with van der Waals surface area (Å²) in [6.07, 6.45) is 3.43. The molecule has 1 fully saturated rings. The molecule has 0 saturated carbocycles. The van der Waals surface area contributed by atoms with E-state index in [-0.39, 0.29) is 16.3 Å². The Morgan fingerprint density at radius 2 is 1.73 bits per heavy atom. The molecule has 1 unspecified atom stereocenters. The second-order valence-corrected chi connectivity index (χ2v) is 12.5. The molecule has 4 aromatic rings. The van der Waals surface area contributed by atoms with Crippen LogP contribution in [-0.4, -0.2) is 57.0 Å². The third-order valence-corrected chi connectivity index (χ3v) is 10.2. The minimum Gasteiger partial charge on any atom is -0.493 e. The molecule has 0 radical (unpaired) electrons. The van der Waals surface area contributed by atoms with E-state index in [4.69, 9.17) is 16.3 Å². The number of pyridine rings is 1. The quantitative estimate of drug-likeness (QED) is 0.282. The van der Waals surface area contributed by atoms with Crippen molar-refractivity contribution in [2.75, 3.05) is 42.0 Å². The van der Waals surface area contributed by atoms with Gasteiger partial charge in [-0.25, -0.2) is 17.1 Å². The smallest absolute Gasteiger partial charge is 0.272 e. The number of hydrogen-bond acceptors (Lipinski definition) is 8. The molecule has 224 valence electrons. The lowest BCUT2D eigenvalue weighted by atomic mass is 9.80. The molecule has 6 rings (SSSR count). The molecule has 0 bridgehead atoms. The van der Waals surface area contributed by atoms with E-state index >= 15 is 4.79 Å². The van der Waals surface area contributed by atoms with E-state index in [0.717, 1.165) is 28.2 Å². The number of amides is 1. The van der Waals surface area contributed by atoms with Gasteiger partial charge >= 0.3 is 0 Å². The van der Waals surface area contributed by atoms with Crippen LogP contribution in [0.1, 0.15) is 23.6 Å². The van der Waals surface area contributed by atoms with Crippen LogP contribution in [0.2, 0.25) is 5.02 Å². The van der Waals surface area contributed by atoms with Crippen LogP contribution in [0.3, 0.4) is 0 Å². The van der Waals surface area contributed by atoms with Crippen molar-refractivity contribution < 1.29 is 22.3 Å². The second kappa shape index (κ2) is 11.5. The van der Waals surface area contributed by atoms with E-state index in [1.54, 1.807) is 42.7 Å². The van der Waals surface area contributed by atoms with Crippen molar-refractivity contribution in [3.05, 3.63) is 113 Å². The first kappa shape index (κ1) is 29.6. The Bertz CT molecular complexity index is 1890. The van der Waals surface area contributed by atoms with Crippen LogP contribution in [0, 0.1) is 17.1 Å². The van der Waals surface area contributed by atoms with Crippen LogP contribution in [0.5, 0.6) is 5.75 Å². The molecular weight excluding hydrogens is 605 g/mol. The maximum Gasteiger partial charge on any atom is 0.272 e. The summed E-state index contributed by atoms with van der Waals surface area (Å²) in [6.45, 7) is 3.92. The number of anilines is 2. The molecule has 3 heterocycles. The summed E-state index contributed by atoms with van der Waals surface area (Å²) < 4.78 is 49.3. The van der Waals surface area contributed by atoms with Crippen molar-refractivity contribution in [1.82, 2.24) is 9.88 Å². The van der Waals surface area contributed by atoms with Gasteiger partial charge in [0.05, 0.1) is 28.9 Å². The van der Waals surface area contributed by atoms with E-state index in [0.29, 0.717) is 49.7 Å². The maximum atomic E-state index is 15.1. The van der Waals surface area contributed by atoms with Crippen LogP contribution >= 0.6 is 11.6 Å². The lowest BCUT2D eigenvalue weighted by Gasteiger charge is -2.46. The van der Waals surface area contributed by atoms with Gasteiger partial charge in [-0.15, -0.1) is 0 Å². The van der Waals surface area contributed by atoms with E-state index in [9.17, 15) is 18.1 Å². The number of nitrogens with zero attached hydrogens (tertiary/aromatic N) is 5. The number of rotatable bonds is 7. The third-order valence-electron chi connectivity index (χ3n) is 8.00. The van der Waals surface area contributed by atoms with Crippen LogP contribution in [0.15, 0.2) is 90.1 Å². The van der Waals surface area contributed by atoms with Crippen molar-refractivity contribution in [2.24, 2.45) is 0 Å². The molecule has 1 saturated heterocycles. The molecule has 0 spiro atoms. The Morgan fingerprint density at radius 3 is 2.41 bits per heavy atom. The second-order valence-electron chi connectivity index (χ2n) is 10.3. The SMILES string of the molecule is CCOc1ccccc1C1(N2CCN(c3ccncc3)CC2)C(=O)N(S(=O)(=O)c2ccc(F)cc2Cl)c2ccc(C#N)cc21. The minimum atomic E-state index is -4.65. The third kappa shape index (κ3) is 4.66. The molecule has 1 atom stereocenters. The Balaban J connectivity index is 1.58. The van der Waals surface area contributed by atoms with Crippen LogP contribution in [0.25, 0.3) is 0 Å². The highest BCUT2D eigenvalue weighted by Gasteiger charge is 2.60. The van der Waals surface area contributed by atoms with Crippen molar-refractivity contribution in [2.45, 2.75) is 17.4 Å².